The van der Waals surface area contributed by atoms with E-state index < -0.39 is 12.1 Å². The number of carbonyl (C=O) groups excluding carboxylic acids is 2. The number of urea groups is 1. The molecule has 2 N–H and O–H groups in total. The number of fused-ring (bicyclic) bond motifs is 1. The molecule has 8 heteroatoms. The second-order valence-corrected chi connectivity index (χ2v) is 5.80. The van der Waals surface area contributed by atoms with Crippen LogP contribution >= 0.6 is 11.8 Å². The van der Waals surface area contributed by atoms with Crippen LogP contribution in [0.15, 0.2) is 0 Å². The first kappa shape index (κ1) is 14.0. The van der Waals surface area contributed by atoms with E-state index in [0.717, 1.165) is 24.2 Å². The van der Waals surface area contributed by atoms with Gasteiger partial charge in [-0.3, -0.25) is 4.79 Å². The highest BCUT2D eigenvalue weighted by Crippen LogP contribution is 2.36. The zero-order valence-electron chi connectivity index (χ0n) is 10.3. The zero-order chi connectivity index (χ0) is 13.8. The second-order valence-electron chi connectivity index (χ2n) is 4.53. The fourth-order valence-electron chi connectivity index (χ4n) is 2.53. The maximum atomic E-state index is 11.6. The van der Waals surface area contributed by atoms with Crippen LogP contribution in [0.2, 0.25) is 0 Å². The molecule has 2 fully saturated rings. The van der Waals surface area contributed by atoms with Gasteiger partial charge in [-0.05, 0) is 19.3 Å². The van der Waals surface area contributed by atoms with Crippen LogP contribution in [0.5, 0.6) is 0 Å². The van der Waals surface area contributed by atoms with Crippen molar-refractivity contribution in [2.24, 2.45) is 0 Å². The standard InChI is InChI=1S/C11H16N2O5S/c14-6-18-4-2-1-3-8-9-7(5-19-8)13(11(16)17)10(15)12-9/h6-9H,1-5H2,(H,12,15)(H,16,17)/t7-,8?,9-/m0/s1. The molecule has 0 aromatic rings. The molecule has 1 unspecified atom stereocenters. The number of unbranched alkanes of at least 4 members (excludes halogenated alkanes) is 1. The molecule has 3 amide bonds. The molecule has 7 nitrogen and oxygen atoms in total. The number of nitrogens with zero attached hydrogens (tertiary/aromatic N) is 1. The van der Waals surface area contributed by atoms with Crippen molar-refractivity contribution in [1.29, 1.82) is 0 Å². The van der Waals surface area contributed by atoms with E-state index in [0.29, 0.717) is 18.8 Å². The maximum absolute atomic E-state index is 11.6. The predicted molar refractivity (Wildman–Crippen MR) is 68.1 cm³/mol. The van der Waals surface area contributed by atoms with E-state index in [1.54, 1.807) is 11.8 Å². The Morgan fingerprint density at radius 1 is 1.58 bits per heavy atom. The molecule has 0 aromatic heterocycles. The van der Waals surface area contributed by atoms with E-state index in [4.69, 9.17) is 5.11 Å². The Morgan fingerprint density at radius 2 is 2.37 bits per heavy atom. The van der Waals surface area contributed by atoms with Crippen LogP contribution < -0.4 is 5.32 Å². The average Bonchev–Trinajstić information content (AvgIpc) is 2.87. The van der Waals surface area contributed by atoms with Crippen molar-refractivity contribution in [1.82, 2.24) is 10.2 Å². The summed E-state index contributed by atoms with van der Waals surface area (Å²) in [5.74, 6) is 0.644. The zero-order valence-corrected chi connectivity index (χ0v) is 11.1. The number of thioether (sulfide) groups is 1. The number of hydrogen-bond donors (Lipinski definition) is 2. The Hall–Kier alpha value is -1.44. The number of nitrogens with one attached hydrogen (secondary N) is 1. The third-order valence-electron chi connectivity index (χ3n) is 3.41. The van der Waals surface area contributed by atoms with Crippen molar-refractivity contribution in [2.75, 3.05) is 12.4 Å². The fraction of sp³-hybridized carbons (Fsp3) is 0.727. The number of imide groups is 1. The molecule has 2 aliphatic heterocycles. The molecule has 2 heterocycles. The molecule has 2 aliphatic rings. The smallest absolute Gasteiger partial charge is 0.415 e. The number of rotatable bonds is 6. The van der Waals surface area contributed by atoms with E-state index in [-0.39, 0.29) is 17.3 Å². The van der Waals surface area contributed by atoms with Gasteiger partial charge in [0, 0.05) is 11.0 Å². The molecule has 0 aromatic carbocycles. The Bertz CT molecular complexity index is 378. The maximum Gasteiger partial charge on any atom is 0.415 e. The summed E-state index contributed by atoms with van der Waals surface area (Å²) in [6, 6.07) is -0.871. The van der Waals surface area contributed by atoms with Gasteiger partial charge in [0.2, 0.25) is 0 Å². The van der Waals surface area contributed by atoms with Gasteiger partial charge in [-0.25, -0.2) is 14.5 Å². The van der Waals surface area contributed by atoms with Crippen LogP contribution in [0.1, 0.15) is 19.3 Å². The summed E-state index contributed by atoms with van der Waals surface area (Å²) in [5, 5.41) is 12.0. The highest BCUT2D eigenvalue weighted by molar-refractivity contribution is 8.00. The van der Waals surface area contributed by atoms with Gasteiger partial charge in [-0.1, -0.05) is 0 Å². The molecule has 0 spiro atoms. The molecular formula is C11H16N2O5S. The van der Waals surface area contributed by atoms with E-state index in [2.05, 4.69) is 10.1 Å². The van der Waals surface area contributed by atoms with Gasteiger partial charge in [-0.2, -0.15) is 11.8 Å². The van der Waals surface area contributed by atoms with E-state index >= 15 is 0 Å². The van der Waals surface area contributed by atoms with Gasteiger partial charge in [0.15, 0.2) is 0 Å². The van der Waals surface area contributed by atoms with Crippen molar-refractivity contribution in [3.05, 3.63) is 0 Å². The van der Waals surface area contributed by atoms with Crippen molar-refractivity contribution < 1.29 is 24.2 Å². The topological polar surface area (TPSA) is 95.9 Å². The summed E-state index contributed by atoms with van der Waals surface area (Å²) >= 11 is 1.69. The summed E-state index contributed by atoms with van der Waals surface area (Å²) < 4.78 is 4.61. The Balaban J connectivity index is 1.81. The first-order chi connectivity index (χ1) is 9.15. The van der Waals surface area contributed by atoms with Gasteiger partial charge in [0.1, 0.15) is 0 Å². The molecule has 2 rings (SSSR count). The molecule has 0 bridgehead atoms. The van der Waals surface area contributed by atoms with E-state index in [1.165, 1.54) is 0 Å². The summed E-state index contributed by atoms with van der Waals surface area (Å²) in [4.78, 5) is 33.4. The highest BCUT2D eigenvalue weighted by Gasteiger charge is 2.50. The van der Waals surface area contributed by atoms with Gasteiger partial charge in [0.25, 0.3) is 6.47 Å². The molecule has 106 valence electrons. The van der Waals surface area contributed by atoms with Crippen LogP contribution in [-0.2, 0) is 9.53 Å². The molecule has 0 aliphatic carbocycles. The van der Waals surface area contributed by atoms with Gasteiger partial charge in [-0.15, -0.1) is 0 Å². The van der Waals surface area contributed by atoms with Crippen LogP contribution in [-0.4, -0.2) is 58.3 Å². The van der Waals surface area contributed by atoms with Gasteiger partial charge >= 0.3 is 12.1 Å². The van der Waals surface area contributed by atoms with Crippen molar-refractivity contribution in [2.45, 2.75) is 36.6 Å². The Labute approximate surface area is 114 Å². The normalized spacial score (nSPS) is 28.9. The van der Waals surface area contributed by atoms with Crippen molar-refractivity contribution >= 4 is 30.4 Å². The number of hydrogen-bond acceptors (Lipinski definition) is 5. The molecule has 0 radical (unpaired) electrons. The lowest BCUT2D eigenvalue weighted by atomic mass is 10.0. The summed E-state index contributed by atoms with van der Waals surface area (Å²) in [7, 11) is 0. The second kappa shape index (κ2) is 6.14. The van der Waals surface area contributed by atoms with Crippen LogP contribution in [0.3, 0.4) is 0 Å². The van der Waals surface area contributed by atoms with E-state index in [1.807, 2.05) is 0 Å². The quantitative estimate of drug-likeness (QED) is 0.428. The molecule has 19 heavy (non-hydrogen) atoms. The number of amides is 3. The third-order valence-corrected chi connectivity index (χ3v) is 4.90. The predicted octanol–water partition coefficient (Wildman–Crippen LogP) is 0.885. The molecular weight excluding hydrogens is 272 g/mol. The van der Waals surface area contributed by atoms with Crippen LogP contribution in [0.4, 0.5) is 9.59 Å². The fourth-order valence-corrected chi connectivity index (χ4v) is 4.13. The lowest BCUT2D eigenvalue weighted by Gasteiger charge is -2.17. The van der Waals surface area contributed by atoms with Crippen LogP contribution in [0, 0.1) is 0 Å². The van der Waals surface area contributed by atoms with Crippen LogP contribution in [0.25, 0.3) is 0 Å². The highest BCUT2D eigenvalue weighted by atomic mass is 32.2. The van der Waals surface area contributed by atoms with Gasteiger partial charge < -0.3 is 15.2 Å². The Kier molecular flexibility index (Phi) is 4.52. The molecule has 2 saturated heterocycles. The van der Waals surface area contributed by atoms with Gasteiger partial charge in [0.05, 0.1) is 18.7 Å². The van der Waals surface area contributed by atoms with E-state index in [9.17, 15) is 14.4 Å². The number of ether oxygens (including phenoxy) is 1. The first-order valence-electron chi connectivity index (χ1n) is 6.14. The summed E-state index contributed by atoms with van der Waals surface area (Å²) in [5.41, 5.74) is 0. The lowest BCUT2D eigenvalue weighted by molar-refractivity contribution is -0.128. The number of carboxylic acid groups (broad SMARTS) is 1. The average molecular weight is 288 g/mol. The van der Waals surface area contributed by atoms with Crippen molar-refractivity contribution in [3.8, 4) is 0 Å². The molecule has 0 saturated carbocycles. The molecule has 3 atom stereocenters. The lowest BCUT2D eigenvalue weighted by Crippen LogP contribution is -2.40. The first-order valence-corrected chi connectivity index (χ1v) is 7.19. The van der Waals surface area contributed by atoms with Crippen molar-refractivity contribution in [3.63, 3.8) is 0 Å². The largest absolute Gasteiger partial charge is 0.468 e. The SMILES string of the molecule is O=COCCCCC1SC[C@H]2[C@@H]1NC(=O)N2C(=O)O. The minimum Gasteiger partial charge on any atom is -0.468 e. The minimum atomic E-state index is -1.19. The third kappa shape index (κ3) is 2.94. The summed E-state index contributed by atoms with van der Waals surface area (Å²) in [6.45, 7) is 0.838. The minimum absolute atomic E-state index is 0.0967. The monoisotopic (exact) mass is 288 g/mol. The summed E-state index contributed by atoms with van der Waals surface area (Å²) in [6.07, 6.45) is 1.36. The number of carbonyl (C=O) groups is 3. The Morgan fingerprint density at radius 3 is 3.05 bits per heavy atom.